The fraction of sp³-hybridized carbons (Fsp3) is 0.316. The third-order valence-corrected chi connectivity index (χ3v) is 6.20. The lowest BCUT2D eigenvalue weighted by Crippen LogP contribution is -2.37. The number of para-hydroxylation sites is 1. The Balaban J connectivity index is 1.56. The highest BCUT2D eigenvalue weighted by molar-refractivity contribution is 7.10. The highest BCUT2D eigenvalue weighted by Gasteiger charge is 2.67. The highest BCUT2D eigenvalue weighted by Crippen LogP contribution is 2.65. The van der Waals surface area contributed by atoms with E-state index >= 15 is 0 Å². The number of nitrogens with one attached hydrogen (secondary N) is 1. The van der Waals surface area contributed by atoms with E-state index in [0.29, 0.717) is 6.54 Å². The van der Waals surface area contributed by atoms with Crippen LogP contribution in [-0.4, -0.2) is 20.7 Å². The number of carbonyl (C=O) groups is 1. The Labute approximate surface area is 150 Å². The number of carbonyl (C=O) groups excluding carboxylic acids is 1. The molecule has 2 heterocycles. The van der Waals surface area contributed by atoms with Crippen molar-refractivity contribution in [1.29, 1.82) is 0 Å². The van der Waals surface area contributed by atoms with Crippen molar-refractivity contribution in [2.24, 2.45) is 5.41 Å². The lowest BCUT2D eigenvalue weighted by Gasteiger charge is -2.19. The lowest BCUT2D eigenvalue weighted by atomic mass is 9.93. The first kappa shape index (κ1) is 16.0. The van der Waals surface area contributed by atoms with Gasteiger partial charge >= 0.3 is 0 Å². The average molecular weight is 352 g/mol. The van der Waals surface area contributed by atoms with Gasteiger partial charge in [0, 0.05) is 11.4 Å². The van der Waals surface area contributed by atoms with Gasteiger partial charge in [0.05, 0.1) is 11.1 Å². The summed E-state index contributed by atoms with van der Waals surface area (Å²) < 4.78 is 1.72. The minimum atomic E-state index is -0.399. The zero-order valence-electron chi connectivity index (χ0n) is 14.3. The lowest BCUT2D eigenvalue weighted by molar-refractivity contribution is -0.124. The molecule has 0 saturated heterocycles. The smallest absolute Gasteiger partial charge is 0.232 e. The van der Waals surface area contributed by atoms with E-state index in [4.69, 9.17) is 0 Å². The van der Waals surface area contributed by atoms with E-state index < -0.39 is 5.41 Å². The summed E-state index contributed by atoms with van der Waals surface area (Å²) in [6.45, 7) is 4.80. The van der Waals surface area contributed by atoms with Crippen LogP contribution in [0.15, 0.2) is 54.4 Å². The zero-order valence-corrected chi connectivity index (χ0v) is 15.1. The normalized spacial score (nSPS) is 21.0. The third-order valence-electron chi connectivity index (χ3n) is 5.16. The summed E-state index contributed by atoms with van der Waals surface area (Å²) in [5.41, 5.74) is 1.54. The van der Waals surface area contributed by atoms with Crippen LogP contribution in [0.1, 0.15) is 30.7 Å². The van der Waals surface area contributed by atoms with Gasteiger partial charge in [-0.3, -0.25) is 4.79 Å². The summed E-state index contributed by atoms with van der Waals surface area (Å²) in [7, 11) is 0. The van der Waals surface area contributed by atoms with Crippen molar-refractivity contribution in [3.63, 3.8) is 0 Å². The summed E-state index contributed by atoms with van der Waals surface area (Å²) in [6, 6.07) is 12.0. The van der Waals surface area contributed by atoms with Crippen LogP contribution in [0.25, 0.3) is 5.69 Å². The molecule has 1 aliphatic carbocycles. The molecule has 128 valence electrons. The van der Waals surface area contributed by atoms with Gasteiger partial charge in [0.1, 0.15) is 12.7 Å². The molecule has 0 radical (unpaired) electrons. The Morgan fingerprint density at radius 2 is 2.08 bits per heavy atom. The molecule has 1 amide bonds. The molecule has 25 heavy (non-hydrogen) atoms. The molecular weight excluding hydrogens is 332 g/mol. The summed E-state index contributed by atoms with van der Waals surface area (Å²) in [5, 5.41) is 9.39. The predicted molar refractivity (Wildman–Crippen MR) is 97.6 cm³/mol. The molecule has 2 aromatic heterocycles. The summed E-state index contributed by atoms with van der Waals surface area (Å²) >= 11 is 1.66. The van der Waals surface area contributed by atoms with Crippen LogP contribution in [0.4, 0.5) is 0 Å². The number of nitrogens with zero attached hydrogens (tertiary/aromatic N) is 3. The SMILES string of the molecule is CC1(C)C[C@]1(C(=O)NCc1ccccc1-n1cncn1)c1cccs1. The summed E-state index contributed by atoms with van der Waals surface area (Å²) in [5.74, 6) is 0.105. The Bertz CT molecular complexity index is 886. The fourth-order valence-corrected chi connectivity index (χ4v) is 4.71. The second-order valence-electron chi connectivity index (χ2n) is 7.09. The monoisotopic (exact) mass is 352 g/mol. The largest absolute Gasteiger partial charge is 0.351 e. The van der Waals surface area contributed by atoms with Gasteiger partial charge in [-0.1, -0.05) is 38.1 Å². The van der Waals surface area contributed by atoms with E-state index in [-0.39, 0.29) is 11.3 Å². The molecule has 1 N–H and O–H groups in total. The van der Waals surface area contributed by atoms with Gasteiger partial charge in [-0.15, -0.1) is 11.3 Å². The number of hydrogen-bond donors (Lipinski definition) is 1. The first-order chi connectivity index (χ1) is 12.0. The molecule has 1 aliphatic rings. The van der Waals surface area contributed by atoms with Crippen molar-refractivity contribution in [3.8, 4) is 5.69 Å². The van der Waals surface area contributed by atoms with Gasteiger partial charge in [-0.05, 0) is 34.9 Å². The maximum absolute atomic E-state index is 13.1. The standard InChI is InChI=1S/C19H20N4OS/c1-18(2)11-19(18,16-8-5-9-25-16)17(24)21-10-14-6-3-4-7-15(14)23-13-20-12-22-23/h3-9,12-13H,10-11H2,1-2H3,(H,21,24)/t19-/m1/s1. The number of benzene rings is 1. The van der Waals surface area contributed by atoms with E-state index in [1.54, 1.807) is 22.3 Å². The maximum atomic E-state index is 13.1. The van der Waals surface area contributed by atoms with Crippen molar-refractivity contribution in [2.45, 2.75) is 32.2 Å². The number of thiophene rings is 1. The van der Waals surface area contributed by atoms with Crippen molar-refractivity contribution in [2.75, 3.05) is 0 Å². The number of amides is 1. The Morgan fingerprint density at radius 3 is 2.72 bits per heavy atom. The zero-order chi connectivity index (χ0) is 17.5. The number of rotatable bonds is 5. The molecule has 0 unspecified atom stereocenters. The van der Waals surface area contributed by atoms with Gasteiger partial charge in [0.15, 0.2) is 0 Å². The molecule has 4 rings (SSSR count). The van der Waals surface area contributed by atoms with Gasteiger partial charge in [0.25, 0.3) is 0 Å². The summed E-state index contributed by atoms with van der Waals surface area (Å²) in [6.07, 6.45) is 4.06. The molecule has 3 aromatic rings. The molecule has 1 aromatic carbocycles. The van der Waals surface area contributed by atoms with Crippen LogP contribution in [0.5, 0.6) is 0 Å². The Hall–Kier alpha value is -2.47. The molecular formula is C19H20N4OS. The first-order valence-electron chi connectivity index (χ1n) is 8.30. The molecule has 0 bridgehead atoms. The van der Waals surface area contributed by atoms with Crippen LogP contribution in [0.2, 0.25) is 0 Å². The first-order valence-corrected chi connectivity index (χ1v) is 9.18. The van der Waals surface area contributed by atoms with Gasteiger partial charge in [-0.25, -0.2) is 9.67 Å². The van der Waals surface area contributed by atoms with E-state index in [9.17, 15) is 4.79 Å². The summed E-state index contributed by atoms with van der Waals surface area (Å²) in [4.78, 5) is 18.2. The molecule has 1 saturated carbocycles. The number of aromatic nitrogens is 3. The van der Waals surface area contributed by atoms with Crippen LogP contribution in [0.3, 0.4) is 0 Å². The molecule has 1 atom stereocenters. The van der Waals surface area contributed by atoms with Crippen molar-refractivity contribution >= 4 is 17.2 Å². The quantitative estimate of drug-likeness (QED) is 0.766. The van der Waals surface area contributed by atoms with E-state index in [1.807, 2.05) is 35.7 Å². The Kier molecular flexibility index (Phi) is 3.72. The van der Waals surface area contributed by atoms with Crippen molar-refractivity contribution < 1.29 is 4.79 Å². The van der Waals surface area contributed by atoms with Crippen LogP contribution < -0.4 is 5.32 Å². The minimum Gasteiger partial charge on any atom is -0.351 e. The van der Waals surface area contributed by atoms with Gasteiger partial charge in [0.2, 0.25) is 5.91 Å². The van der Waals surface area contributed by atoms with Crippen LogP contribution in [0, 0.1) is 5.41 Å². The van der Waals surface area contributed by atoms with Crippen LogP contribution in [-0.2, 0) is 16.8 Å². The molecule has 0 spiro atoms. The minimum absolute atomic E-state index is 0.00659. The topological polar surface area (TPSA) is 59.8 Å². The van der Waals surface area contributed by atoms with E-state index in [2.05, 4.69) is 35.3 Å². The second kappa shape index (κ2) is 5.81. The van der Waals surface area contributed by atoms with E-state index in [0.717, 1.165) is 22.5 Å². The maximum Gasteiger partial charge on any atom is 0.232 e. The van der Waals surface area contributed by atoms with Crippen molar-refractivity contribution in [1.82, 2.24) is 20.1 Å². The fourth-order valence-electron chi connectivity index (χ4n) is 3.60. The second-order valence-corrected chi connectivity index (χ2v) is 8.04. The molecule has 5 nitrogen and oxygen atoms in total. The van der Waals surface area contributed by atoms with Crippen LogP contribution >= 0.6 is 11.3 Å². The molecule has 6 heteroatoms. The third kappa shape index (κ3) is 2.57. The predicted octanol–water partition coefficient (Wildman–Crippen LogP) is 3.31. The Morgan fingerprint density at radius 1 is 1.28 bits per heavy atom. The van der Waals surface area contributed by atoms with E-state index in [1.165, 1.54) is 6.33 Å². The number of hydrogen-bond acceptors (Lipinski definition) is 4. The van der Waals surface area contributed by atoms with Crippen molar-refractivity contribution in [3.05, 3.63) is 64.9 Å². The molecule has 0 aliphatic heterocycles. The van der Waals surface area contributed by atoms with Gasteiger partial charge in [-0.2, -0.15) is 5.10 Å². The van der Waals surface area contributed by atoms with Gasteiger partial charge < -0.3 is 5.32 Å². The molecule has 1 fully saturated rings. The average Bonchev–Trinajstić information content (AvgIpc) is 3.12. The highest BCUT2D eigenvalue weighted by atomic mass is 32.1.